The monoisotopic (exact) mass is 383 g/mol. The quantitative estimate of drug-likeness (QED) is 0.344. The highest BCUT2D eigenvalue weighted by atomic mass is 35.5. The predicted molar refractivity (Wildman–Crippen MR) is 116 cm³/mol. The van der Waals surface area contributed by atoms with Crippen molar-refractivity contribution in [2.45, 2.75) is 12.8 Å². The van der Waals surface area contributed by atoms with E-state index < -0.39 is 0 Å². The van der Waals surface area contributed by atoms with Gasteiger partial charge in [-0.3, -0.25) is 9.38 Å². The van der Waals surface area contributed by atoms with Crippen LogP contribution >= 0.6 is 11.6 Å². The van der Waals surface area contributed by atoms with Crippen molar-refractivity contribution < 1.29 is 0 Å². The topological polar surface area (TPSA) is 30.2 Å². The zero-order chi connectivity index (χ0) is 19.1. The summed E-state index contributed by atoms with van der Waals surface area (Å²) in [5.41, 5.74) is 6.81. The minimum Gasteiger partial charge on any atom is -0.299 e. The van der Waals surface area contributed by atoms with Crippen molar-refractivity contribution in [2.75, 3.05) is 0 Å². The number of pyridine rings is 2. The fourth-order valence-electron chi connectivity index (χ4n) is 3.64. The van der Waals surface area contributed by atoms with Crippen LogP contribution in [0.15, 0.2) is 79.0 Å². The van der Waals surface area contributed by atoms with Crippen LogP contribution in [0.25, 0.3) is 39.1 Å². The molecule has 0 bridgehead atoms. The molecule has 0 N–H and O–H groups in total. The van der Waals surface area contributed by atoms with E-state index in [0.717, 1.165) is 39.5 Å². The van der Waals surface area contributed by atoms with Crippen molar-refractivity contribution in [1.82, 2.24) is 14.4 Å². The molecule has 4 heteroatoms. The Kier molecular flexibility index (Phi) is 4.10. The Hall–Kier alpha value is -3.17. The average molecular weight is 384 g/mol. The van der Waals surface area contributed by atoms with Gasteiger partial charge in [0.15, 0.2) is 0 Å². The lowest BCUT2D eigenvalue weighted by Gasteiger charge is -2.08. The van der Waals surface area contributed by atoms with Crippen molar-refractivity contribution >= 4 is 28.0 Å². The molecule has 0 aliphatic carbocycles. The summed E-state index contributed by atoms with van der Waals surface area (Å²) in [4.78, 5) is 9.66. The number of alkyl halides is 1. The molecule has 0 unspecified atom stereocenters. The molecular weight excluding hydrogens is 366 g/mol. The lowest BCUT2D eigenvalue weighted by molar-refractivity contribution is 1.17. The normalized spacial score (nSPS) is 11.4. The van der Waals surface area contributed by atoms with Crippen LogP contribution in [0.2, 0.25) is 0 Å². The van der Waals surface area contributed by atoms with Gasteiger partial charge >= 0.3 is 0 Å². The molecule has 0 fully saturated rings. The van der Waals surface area contributed by atoms with Crippen LogP contribution in [-0.2, 0) is 5.88 Å². The van der Waals surface area contributed by atoms with Crippen molar-refractivity contribution in [3.05, 3.63) is 90.3 Å². The van der Waals surface area contributed by atoms with Crippen LogP contribution < -0.4 is 0 Å². The molecule has 28 heavy (non-hydrogen) atoms. The molecule has 3 heterocycles. The maximum absolute atomic E-state index is 6.04. The van der Waals surface area contributed by atoms with Crippen molar-refractivity contribution in [1.29, 1.82) is 0 Å². The van der Waals surface area contributed by atoms with E-state index >= 15 is 0 Å². The fraction of sp³-hybridized carbons (Fsp3) is 0.0833. The van der Waals surface area contributed by atoms with Crippen LogP contribution in [0.1, 0.15) is 11.3 Å². The molecule has 0 spiro atoms. The van der Waals surface area contributed by atoms with Crippen LogP contribution in [0, 0.1) is 6.92 Å². The number of rotatable bonds is 3. The number of halogens is 1. The Morgan fingerprint density at radius 2 is 1.71 bits per heavy atom. The Balaban J connectivity index is 1.82. The van der Waals surface area contributed by atoms with Gasteiger partial charge in [0.05, 0.1) is 11.4 Å². The highest BCUT2D eigenvalue weighted by Crippen LogP contribution is 2.34. The molecule has 5 aromatic rings. The van der Waals surface area contributed by atoms with Crippen LogP contribution in [-0.4, -0.2) is 14.4 Å². The van der Waals surface area contributed by atoms with E-state index in [-0.39, 0.29) is 0 Å². The third-order valence-electron chi connectivity index (χ3n) is 5.00. The second-order valence-electron chi connectivity index (χ2n) is 6.93. The molecule has 3 nitrogen and oxygen atoms in total. The molecule has 0 amide bonds. The summed E-state index contributed by atoms with van der Waals surface area (Å²) in [6, 6.07) is 25.0. The first-order valence-electron chi connectivity index (χ1n) is 9.23. The molecular formula is C24H18ClN3. The van der Waals surface area contributed by atoms with Gasteiger partial charge in [-0.25, -0.2) is 4.98 Å². The number of aromatic nitrogens is 3. The van der Waals surface area contributed by atoms with E-state index in [1.54, 1.807) is 0 Å². The van der Waals surface area contributed by atoms with Gasteiger partial charge in [0.2, 0.25) is 0 Å². The van der Waals surface area contributed by atoms with E-state index in [1.807, 2.05) is 43.5 Å². The number of nitrogens with zero attached hydrogens (tertiary/aromatic N) is 3. The van der Waals surface area contributed by atoms with E-state index in [1.165, 1.54) is 10.8 Å². The van der Waals surface area contributed by atoms with Gasteiger partial charge in [0, 0.05) is 23.3 Å². The van der Waals surface area contributed by atoms with Gasteiger partial charge < -0.3 is 0 Å². The number of hydrogen-bond donors (Lipinski definition) is 0. The first-order chi connectivity index (χ1) is 13.7. The standard InChI is InChI=1S/C24H18ClN3/c1-16-5-4-8-21(26-16)23-24(28-12-11-17(15-25)13-22(28)27-23)20-10-9-18-6-2-3-7-19(18)14-20/h2-14H,15H2,1H3. The summed E-state index contributed by atoms with van der Waals surface area (Å²) < 4.78 is 2.12. The maximum Gasteiger partial charge on any atom is 0.138 e. The highest BCUT2D eigenvalue weighted by molar-refractivity contribution is 6.17. The minimum atomic E-state index is 0.465. The second kappa shape index (κ2) is 6.77. The number of benzene rings is 2. The summed E-state index contributed by atoms with van der Waals surface area (Å²) in [6.07, 6.45) is 2.05. The van der Waals surface area contributed by atoms with Crippen molar-refractivity contribution in [2.24, 2.45) is 0 Å². The fourth-order valence-corrected chi connectivity index (χ4v) is 3.80. The van der Waals surface area contributed by atoms with E-state index in [2.05, 4.69) is 46.9 Å². The van der Waals surface area contributed by atoms with Gasteiger partial charge in [-0.1, -0.05) is 42.5 Å². The molecule has 0 aliphatic heterocycles. The Labute approximate surface area is 168 Å². The van der Waals surface area contributed by atoms with Gasteiger partial charge in [0.1, 0.15) is 11.3 Å². The summed E-state index contributed by atoms with van der Waals surface area (Å²) in [7, 11) is 0. The van der Waals surface area contributed by atoms with Crippen LogP contribution in [0.3, 0.4) is 0 Å². The first kappa shape index (κ1) is 17.0. The Morgan fingerprint density at radius 3 is 2.54 bits per heavy atom. The Morgan fingerprint density at radius 1 is 0.857 bits per heavy atom. The number of fused-ring (bicyclic) bond motifs is 2. The number of hydrogen-bond acceptors (Lipinski definition) is 2. The molecule has 136 valence electrons. The maximum atomic E-state index is 6.04. The largest absolute Gasteiger partial charge is 0.299 e. The highest BCUT2D eigenvalue weighted by Gasteiger charge is 2.17. The van der Waals surface area contributed by atoms with Crippen LogP contribution in [0.5, 0.6) is 0 Å². The minimum absolute atomic E-state index is 0.465. The summed E-state index contributed by atoms with van der Waals surface area (Å²) in [5.74, 6) is 0.465. The third-order valence-corrected chi connectivity index (χ3v) is 5.31. The lowest BCUT2D eigenvalue weighted by atomic mass is 10.0. The van der Waals surface area contributed by atoms with E-state index in [4.69, 9.17) is 21.6 Å². The molecule has 0 atom stereocenters. The molecule has 0 aliphatic rings. The molecule has 0 radical (unpaired) electrons. The summed E-state index contributed by atoms with van der Waals surface area (Å²) >= 11 is 6.04. The molecule has 5 rings (SSSR count). The van der Waals surface area contributed by atoms with E-state index in [0.29, 0.717) is 5.88 Å². The van der Waals surface area contributed by atoms with Gasteiger partial charge in [-0.05, 0) is 53.6 Å². The van der Waals surface area contributed by atoms with Gasteiger partial charge in [-0.15, -0.1) is 11.6 Å². The van der Waals surface area contributed by atoms with Gasteiger partial charge in [0.25, 0.3) is 0 Å². The van der Waals surface area contributed by atoms with E-state index in [9.17, 15) is 0 Å². The first-order valence-corrected chi connectivity index (χ1v) is 9.76. The Bertz CT molecular complexity index is 1320. The molecule has 0 saturated heterocycles. The second-order valence-corrected chi connectivity index (χ2v) is 7.20. The lowest BCUT2D eigenvalue weighted by Crippen LogP contribution is -1.92. The number of aryl methyl sites for hydroxylation is 1. The zero-order valence-corrected chi connectivity index (χ0v) is 16.2. The van der Waals surface area contributed by atoms with Gasteiger partial charge in [-0.2, -0.15) is 0 Å². The SMILES string of the molecule is Cc1cccc(-c2nc3cc(CCl)ccn3c2-c2ccc3ccccc3c2)n1. The van der Waals surface area contributed by atoms with Crippen LogP contribution in [0.4, 0.5) is 0 Å². The van der Waals surface area contributed by atoms with Crippen molar-refractivity contribution in [3.63, 3.8) is 0 Å². The molecule has 0 saturated carbocycles. The molecule has 3 aromatic heterocycles. The summed E-state index contributed by atoms with van der Waals surface area (Å²) in [5, 5.41) is 2.43. The predicted octanol–water partition coefficient (Wildman–Crippen LogP) is 6.26. The molecule has 2 aromatic carbocycles. The number of imidazole rings is 1. The smallest absolute Gasteiger partial charge is 0.138 e. The van der Waals surface area contributed by atoms with Crippen molar-refractivity contribution in [3.8, 4) is 22.6 Å². The zero-order valence-electron chi connectivity index (χ0n) is 15.4. The summed E-state index contributed by atoms with van der Waals surface area (Å²) in [6.45, 7) is 2.00. The third kappa shape index (κ3) is 2.85. The average Bonchev–Trinajstić information content (AvgIpc) is 3.12.